The molecule has 0 aliphatic rings. The van der Waals surface area contributed by atoms with E-state index in [1.54, 1.807) is 0 Å². The molecule has 11 heteroatoms. The lowest BCUT2D eigenvalue weighted by Crippen LogP contribution is -2.25. The first-order chi connectivity index (χ1) is 15.9. The summed E-state index contributed by atoms with van der Waals surface area (Å²) in [6, 6.07) is 7.33. The van der Waals surface area contributed by atoms with Crippen LogP contribution in [-0.2, 0) is 6.54 Å². The second-order valence-electron chi connectivity index (χ2n) is 7.55. The van der Waals surface area contributed by atoms with Crippen molar-refractivity contribution in [2.24, 2.45) is 0 Å². The SMILES string of the molecule is C[C@H](O)Cn1cc(C(=O)C[C@@H](c2ccc(OC(F)(F)F)c(F)c2)c2ncccc2F)ccc1=O. The molecule has 0 saturated carbocycles. The lowest BCUT2D eigenvalue weighted by molar-refractivity contribution is -0.275. The molecule has 0 aliphatic carbocycles. The first kappa shape index (κ1) is 25.0. The summed E-state index contributed by atoms with van der Waals surface area (Å²) in [7, 11) is 0. The van der Waals surface area contributed by atoms with E-state index in [1.165, 1.54) is 31.5 Å². The number of Topliss-reactive ketones (excluding diaryl/α,β-unsaturated/α-hetero) is 1. The Morgan fingerprint density at radius 3 is 2.50 bits per heavy atom. The quantitative estimate of drug-likeness (QED) is 0.385. The van der Waals surface area contributed by atoms with Gasteiger partial charge in [0.2, 0.25) is 0 Å². The van der Waals surface area contributed by atoms with Gasteiger partial charge in [-0.1, -0.05) is 6.07 Å². The van der Waals surface area contributed by atoms with Crippen LogP contribution < -0.4 is 10.3 Å². The van der Waals surface area contributed by atoms with Crippen LogP contribution in [0.25, 0.3) is 0 Å². The summed E-state index contributed by atoms with van der Waals surface area (Å²) in [6.45, 7) is 1.39. The van der Waals surface area contributed by atoms with Gasteiger partial charge in [-0.3, -0.25) is 14.6 Å². The van der Waals surface area contributed by atoms with E-state index in [1.807, 2.05) is 0 Å². The molecule has 0 unspecified atom stereocenters. The molecule has 3 rings (SSSR count). The minimum atomic E-state index is -5.11. The Bertz CT molecular complexity index is 1240. The van der Waals surface area contributed by atoms with Crippen LogP contribution in [0, 0.1) is 11.6 Å². The van der Waals surface area contributed by atoms with Gasteiger partial charge in [-0.25, -0.2) is 8.78 Å². The molecule has 0 radical (unpaired) electrons. The monoisotopic (exact) mass is 482 g/mol. The molecular weight excluding hydrogens is 463 g/mol. The minimum Gasteiger partial charge on any atom is -0.403 e. The first-order valence-corrected chi connectivity index (χ1v) is 10.0. The summed E-state index contributed by atoms with van der Waals surface area (Å²) in [6.07, 6.45) is -3.90. The molecule has 2 aromatic heterocycles. The van der Waals surface area contributed by atoms with Gasteiger partial charge in [-0.2, -0.15) is 0 Å². The van der Waals surface area contributed by atoms with Gasteiger partial charge in [0.05, 0.1) is 18.3 Å². The molecule has 3 aromatic rings. The van der Waals surface area contributed by atoms with Crippen molar-refractivity contribution in [1.29, 1.82) is 0 Å². The summed E-state index contributed by atoms with van der Waals surface area (Å²) < 4.78 is 71.0. The smallest absolute Gasteiger partial charge is 0.403 e. The Kier molecular flexibility index (Phi) is 7.45. The molecule has 0 amide bonds. The number of carbonyl (C=O) groups excluding carboxylic acids is 1. The predicted octanol–water partition coefficient (Wildman–Crippen LogP) is 4.21. The molecule has 0 spiro atoms. The molecule has 1 aromatic carbocycles. The third kappa shape index (κ3) is 6.25. The van der Waals surface area contributed by atoms with Crippen LogP contribution in [0.3, 0.4) is 0 Å². The van der Waals surface area contributed by atoms with Crippen LogP contribution in [-0.4, -0.2) is 32.9 Å². The van der Waals surface area contributed by atoms with Crippen molar-refractivity contribution in [1.82, 2.24) is 9.55 Å². The van der Waals surface area contributed by atoms with Crippen molar-refractivity contribution in [2.75, 3.05) is 0 Å². The first-order valence-electron chi connectivity index (χ1n) is 10.0. The Hall–Kier alpha value is -3.60. The number of pyridine rings is 2. The number of aliphatic hydroxyl groups excluding tert-OH is 1. The molecule has 1 N–H and O–H groups in total. The molecule has 0 fully saturated rings. The number of aromatic nitrogens is 2. The van der Waals surface area contributed by atoms with E-state index >= 15 is 0 Å². The molecule has 0 aliphatic heterocycles. The summed E-state index contributed by atoms with van der Waals surface area (Å²) in [5.74, 6) is -4.94. The predicted molar refractivity (Wildman–Crippen MR) is 110 cm³/mol. The molecule has 34 heavy (non-hydrogen) atoms. The molecule has 6 nitrogen and oxygen atoms in total. The van der Waals surface area contributed by atoms with Gasteiger partial charge in [0.15, 0.2) is 17.3 Å². The number of carbonyl (C=O) groups is 1. The number of halogens is 5. The van der Waals surface area contributed by atoms with Crippen molar-refractivity contribution >= 4 is 5.78 Å². The van der Waals surface area contributed by atoms with E-state index < -0.39 is 53.5 Å². The number of hydrogen-bond donors (Lipinski definition) is 1. The second kappa shape index (κ2) is 10.1. The largest absolute Gasteiger partial charge is 0.573 e. The van der Waals surface area contributed by atoms with Gasteiger partial charge in [-0.05, 0) is 42.8 Å². The van der Waals surface area contributed by atoms with Crippen LogP contribution in [0.4, 0.5) is 22.0 Å². The maximum atomic E-state index is 14.5. The fourth-order valence-corrected chi connectivity index (χ4v) is 3.39. The van der Waals surface area contributed by atoms with Crippen LogP contribution in [0.1, 0.15) is 40.9 Å². The van der Waals surface area contributed by atoms with Gasteiger partial charge < -0.3 is 14.4 Å². The Labute approximate surface area is 190 Å². The Balaban J connectivity index is 1.99. The van der Waals surface area contributed by atoms with E-state index in [2.05, 4.69) is 9.72 Å². The lowest BCUT2D eigenvalue weighted by atomic mass is 9.88. The van der Waals surface area contributed by atoms with E-state index in [0.29, 0.717) is 0 Å². The van der Waals surface area contributed by atoms with E-state index in [9.17, 15) is 36.6 Å². The van der Waals surface area contributed by atoms with E-state index in [-0.39, 0.29) is 23.4 Å². The van der Waals surface area contributed by atoms with E-state index in [4.69, 9.17) is 0 Å². The second-order valence-corrected chi connectivity index (χ2v) is 7.55. The van der Waals surface area contributed by atoms with Gasteiger partial charge >= 0.3 is 6.36 Å². The number of hydrogen-bond acceptors (Lipinski definition) is 5. The molecule has 180 valence electrons. The lowest BCUT2D eigenvalue weighted by Gasteiger charge is -2.19. The van der Waals surface area contributed by atoms with Crippen molar-refractivity contribution in [2.45, 2.75) is 38.3 Å². The minimum absolute atomic E-state index is 0.00437. The third-order valence-electron chi connectivity index (χ3n) is 4.86. The van der Waals surface area contributed by atoms with Gasteiger partial charge in [0.1, 0.15) is 5.82 Å². The fourth-order valence-electron chi connectivity index (χ4n) is 3.39. The summed E-state index contributed by atoms with van der Waals surface area (Å²) in [4.78, 5) is 28.9. The van der Waals surface area contributed by atoms with Gasteiger partial charge in [-0.15, -0.1) is 13.2 Å². The molecule has 0 bridgehead atoms. The van der Waals surface area contributed by atoms with Crippen LogP contribution in [0.2, 0.25) is 0 Å². The fraction of sp³-hybridized carbons (Fsp3) is 0.261. The van der Waals surface area contributed by atoms with E-state index in [0.717, 1.165) is 34.9 Å². The zero-order chi connectivity index (χ0) is 25.0. The standard InChI is InChI=1S/C23H19F5N2O4/c1-13(31)11-30-12-15(5-7-21(30)33)19(32)10-16(22-17(24)3-2-8-29-22)14-4-6-20(18(25)9-14)34-23(26,27)28/h2-9,12-13,16,31H,10-11H2,1H3/t13-,16-/m0/s1. The molecule has 0 saturated heterocycles. The average Bonchev–Trinajstić information content (AvgIpc) is 2.74. The summed E-state index contributed by atoms with van der Waals surface area (Å²) in [5, 5.41) is 9.54. The molecule has 2 heterocycles. The van der Waals surface area contributed by atoms with Crippen LogP contribution in [0.15, 0.2) is 59.7 Å². The number of benzene rings is 1. The zero-order valence-corrected chi connectivity index (χ0v) is 17.7. The molecular formula is C23H19F5N2O4. The average molecular weight is 482 g/mol. The number of ketones is 1. The maximum absolute atomic E-state index is 14.5. The highest BCUT2D eigenvalue weighted by atomic mass is 19.4. The maximum Gasteiger partial charge on any atom is 0.573 e. The Morgan fingerprint density at radius 1 is 1.15 bits per heavy atom. The topological polar surface area (TPSA) is 81.4 Å². The van der Waals surface area contributed by atoms with Crippen molar-refractivity contribution in [3.8, 4) is 5.75 Å². The Morgan fingerprint density at radius 2 is 1.88 bits per heavy atom. The van der Waals surface area contributed by atoms with Gasteiger partial charge in [0.25, 0.3) is 5.56 Å². The number of nitrogens with zero attached hydrogens (tertiary/aromatic N) is 2. The third-order valence-corrected chi connectivity index (χ3v) is 4.86. The van der Waals surface area contributed by atoms with Crippen molar-refractivity contribution in [3.63, 3.8) is 0 Å². The summed E-state index contributed by atoms with van der Waals surface area (Å²) in [5.41, 5.74) is -0.599. The van der Waals surface area contributed by atoms with Crippen LogP contribution >= 0.6 is 0 Å². The van der Waals surface area contributed by atoms with Crippen molar-refractivity contribution < 1.29 is 36.6 Å². The number of alkyl halides is 3. The normalized spacial score (nSPS) is 13.4. The van der Waals surface area contributed by atoms with Crippen LogP contribution in [0.5, 0.6) is 5.75 Å². The summed E-state index contributed by atoms with van der Waals surface area (Å²) >= 11 is 0. The van der Waals surface area contributed by atoms with Gasteiger partial charge in [0, 0.05) is 36.4 Å². The molecule has 2 atom stereocenters. The highest BCUT2D eigenvalue weighted by Gasteiger charge is 2.33. The number of aliphatic hydroxyl groups is 1. The zero-order valence-electron chi connectivity index (χ0n) is 17.7. The number of ether oxygens (including phenoxy) is 1. The number of rotatable bonds is 8. The highest BCUT2D eigenvalue weighted by molar-refractivity contribution is 5.96. The van der Waals surface area contributed by atoms with Crippen molar-refractivity contribution in [3.05, 3.63) is 93.7 Å². The highest BCUT2D eigenvalue weighted by Crippen LogP contribution is 2.33.